The van der Waals surface area contributed by atoms with Gasteiger partial charge in [0.15, 0.2) is 0 Å². The molecule has 0 spiro atoms. The normalized spacial score (nSPS) is 13.3. The van der Waals surface area contributed by atoms with Crippen LogP contribution in [0.2, 0.25) is 0 Å². The second-order valence-corrected chi connectivity index (χ2v) is 6.66. The zero-order valence-corrected chi connectivity index (χ0v) is 14.2. The van der Waals surface area contributed by atoms with Crippen LogP contribution in [0.4, 0.5) is 4.39 Å². The van der Waals surface area contributed by atoms with Gasteiger partial charge < -0.3 is 9.47 Å². The van der Waals surface area contributed by atoms with Gasteiger partial charge in [0.1, 0.15) is 11.6 Å². The molecule has 6 heteroatoms. The van der Waals surface area contributed by atoms with Gasteiger partial charge in [-0.1, -0.05) is 0 Å². The van der Waals surface area contributed by atoms with E-state index in [1.54, 1.807) is 6.07 Å². The van der Waals surface area contributed by atoms with Crippen molar-refractivity contribution in [1.29, 1.82) is 0 Å². The van der Waals surface area contributed by atoms with E-state index in [0.717, 1.165) is 36.4 Å². The molecule has 0 radical (unpaired) electrons. The Morgan fingerprint density at radius 1 is 1.45 bits per heavy atom. The summed E-state index contributed by atoms with van der Waals surface area (Å²) < 4.78 is 16.2. The van der Waals surface area contributed by atoms with Gasteiger partial charge in [-0.05, 0) is 56.0 Å². The molecule has 0 saturated carbocycles. The number of halogens is 3. The van der Waals surface area contributed by atoms with Crippen molar-refractivity contribution in [2.45, 2.75) is 25.3 Å². The van der Waals surface area contributed by atoms with Gasteiger partial charge in [0.25, 0.3) is 0 Å². The Hall–Kier alpha value is -0.650. The van der Waals surface area contributed by atoms with E-state index in [4.69, 9.17) is 11.6 Å². The Kier molecular flexibility index (Phi) is 5.04. The first-order valence-electron chi connectivity index (χ1n) is 6.54. The number of benzene rings is 1. The lowest BCUT2D eigenvalue weighted by Crippen LogP contribution is -2.16. The minimum atomic E-state index is -0.278. The second-order valence-electron chi connectivity index (χ2n) is 5.15. The van der Waals surface area contributed by atoms with Crippen LogP contribution in [0.15, 0.2) is 16.6 Å². The number of nitrogens with zero attached hydrogens (tertiary/aromatic N) is 3. The van der Waals surface area contributed by atoms with Gasteiger partial charge in [0.05, 0.1) is 20.9 Å². The van der Waals surface area contributed by atoms with Gasteiger partial charge in [-0.25, -0.2) is 9.37 Å². The number of aryl methyl sites for hydroxylation is 1. The van der Waals surface area contributed by atoms with Gasteiger partial charge in [0, 0.05) is 12.6 Å². The average Bonchev–Trinajstić information content (AvgIpc) is 2.68. The van der Waals surface area contributed by atoms with E-state index >= 15 is 0 Å². The summed E-state index contributed by atoms with van der Waals surface area (Å²) in [7, 11) is 4.07. The van der Waals surface area contributed by atoms with Gasteiger partial charge in [-0.2, -0.15) is 0 Å². The van der Waals surface area contributed by atoms with E-state index in [0.29, 0.717) is 4.47 Å². The molecular formula is C14H18BrClFN3. The van der Waals surface area contributed by atoms with Crippen LogP contribution in [0.25, 0.3) is 11.0 Å². The standard InChI is InChI=1S/C14H18BrClFN3/c1-9(16)14-18-12-7-10(15)11(17)8-13(12)20(14)6-4-5-19(2)3/h7-9H,4-6H2,1-3H3. The Morgan fingerprint density at radius 2 is 2.15 bits per heavy atom. The number of aromatic nitrogens is 2. The molecule has 0 aliphatic rings. The van der Waals surface area contributed by atoms with Crippen LogP contribution >= 0.6 is 27.5 Å². The minimum absolute atomic E-state index is 0.205. The van der Waals surface area contributed by atoms with E-state index < -0.39 is 0 Å². The molecule has 0 bridgehead atoms. The van der Waals surface area contributed by atoms with Crippen molar-refractivity contribution in [3.63, 3.8) is 0 Å². The predicted octanol–water partition coefficient (Wildman–Crippen LogP) is 4.19. The molecule has 0 aliphatic carbocycles. The Morgan fingerprint density at radius 3 is 2.75 bits per heavy atom. The molecule has 0 N–H and O–H groups in total. The topological polar surface area (TPSA) is 21.1 Å². The number of hydrogen-bond acceptors (Lipinski definition) is 2. The van der Waals surface area contributed by atoms with Gasteiger partial charge in [-0.3, -0.25) is 0 Å². The number of alkyl halides is 1. The lowest BCUT2D eigenvalue weighted by molar-refractivity contribution is 0.386. The van der Waals surface area contributed by atoms with Crippen LogP contribution in [0, 0.1) is 5.82 Å². The first-order valence-corrected chi connectivity index (χ1v) is 7.77. The summed E-state index contributed by atoms with van der Waals surface area (Å²) in [5, 5.41) is -0.205. The molecule has 1 heterocycles. The highest BCUT2D eigenvalue weighted by Gasteiger charge is 2.16. The van der Waals surface area contributed by atoms with Crippen LogP contribution in [0.3, 0.4) is 0 Å². The summed E-state index contributed by atoms with van der Waals surface area (Å²) in [6.07, 6.45) is 0.965. The van der Waals surface area contributed by atoms with E-state index in [9.17, 15) is 4.39 Å². The first-order chi connectivity index (χ1) is 9.40. The molecular weight excluding hydrogens is 345 g/mol. The Bertz CT molecular complexity index is 610. The zero-order chi connectivity index (χ0) is 14.9. The number of hydrogen-bond donors (Lipinski definition) is 0. The molecule has 2 aromatic rings. The molecule has 20 heavy (non-hydrogen) atoms. The minimum Gasteiger partial charge on any atom is -0.327 e. The zero-order valence-electron chi connectivity index (χ0n) is 11.8. The maximum Gasteiger partial charge on any atom is 0.139 e. The van der Waals surface area contributed by atoms with E-state index in [1.165, 1.54) is 6.07 Å². The van der Waals surface area contributed by atoms with Crippen LogP contribution in [-0.4, -0.2) is 35.1 Å². The van der Waals surface area contributed by atoms with Crippen molar-refractivity contribution in [2.75, 3.05) is 20.6 Å². The first kappa shape index (κ1) is 15.7. The van der Waals surface area contributed by atoms with Crippen LogP contribution < -0.4 is 0 Å². The summed E-state index contributed by atoms with van der Waals surface area (Å²) in [5.74, 6) is 0.512. The van der Waals surface area contributed by atoms with E-state index in [2.05, 4.69) is 25.8 Å². The van der Waals surface area contributed by atoms with Crippen LogP contribution in [0.1, 0.15) is 24.5 Å². The molecule has 1 aromatic heterocycles. The van der Waals surface area contributed by atoms with Crippen molar-refractivity contribution in [1.82, 2.24) is 14.5 Å². The molecule has 0 amide bonds. The quantitative estimate of drug-likeness (QED) is 0.744. The fraction of sp³-hybridized carbons (Fsp3) is 0.500. The summed E-state index contributed by atoms with van der Waals surface area (Å²) in [4.78, 5) is 6.66. The predicted molar refractivity (Wildman–Crippen MR) is 84.8 cm³/mol. The lowest BCUT2D eigenvalue weighted by Gasteiger charge is -2.13. The molecule has 1 unspecified atom stereocenters. The van der Waals surface area contributed by atoms with Gasteiger partial charge in [0.2, 0.25) is 0 Å². The van der Waals surface area contributed by atoms with Crippen molar-refractivity contribution in [3.8, 4) is 0 Å². The number of fused-ring (bicyclic) bond motifs is 1. The lowest BCUT2D eigenvalue weighted by atomic mass is 10.3. The average molecular weight is 363 g/mol. The molecule has 1 aromatic carbocycles. The molecule has 1 atom stereocenters. The molecule has 0 fully saturated rings. The SMILES string of the molecule is CC(Cl)c1nc2cc(Br)c(F)cc2n1CCCN(C)C. The summed E-state index contributed by atoms with van der Waals surface area (Å²) >= 11 is 9.40. The largest absolute Gasteiger partial charge is 0.327 e. The van der Waals surface area contributed by atoms with Crippen molar-refractivity contribution in [2.24, 2.45) is 0 Å². The number of imidazole rings is 1. The second kappa shape index (κ2) is 6.41. The van der Waals surface area contributed by atoms with Gasteiger partial charge in [-0.15, -0.1) is 11.6 Å². The van der Waals surface area contributed by atoms with Crippen molar-refractivity contribution < 1.29 is 4.39 Å². The fourth-order valence-corrected chi connectivity index (χ4v) is 2.72. The Labute approximate surface area is 131 Å². The fourth-order valence-electron chi connectivity index (χ4n) is 2.22. The molecule has 3 nitrogen and oxygen atoms in total. The third-order valence-corrected chi connectivity index (χ3v) is 3.97. The molecule has 0 saturated heterocycles. The third kappa shape index (κ3) is 3.32. The third-order valence-electron chi connectivity index (χ3n) is 3.16. The molecule has 110 valence electrons. The van der Waals surface area contributed by atoms with E-state index in [-0.39, 0.29) is 11.2 Å². The summed E-state index contributed by atoms with van der Waals surface area (Å²) in [5.41, 5.74) is 1.57. The number of rotatable bonds is 5. The maximum absolute atomic E-state index is 13.8. The monoisotopic (exact) mass is 361 g/mol. The summed E-state index contributed by atoms with van der Waals surface area (Å²) in [6, 6.07) is 3.22. The van der Waals surface area contributed by atoms with E-state index in [1.807, 2.05) is 25.6 Å². The highest BCUT2D eigenvalue weighted by Crippen LogP contribution is 2.28. The molecule has 2 rings (SSSR count). The Balaban J connectivity index is 2.42. The summed E-state index contributed by atoms with van der Waals surface area (Å²) in [6.45, 7) is 3.63. The highest BCUT2D eigenvalue weighted by atomic mass is 79.9. The van der Waals surface area contributed by atoms with Crippen LogP contribution in [-0.2, 0) is 6.54 Å². The van der Waals surface area contributed by atoms with Gasteiger partial charge >= 0.3 is 0 Å². The smallest absolute Gasteiger partial charge is 0.139 e. The maximum atomic E-state index is 13.8. The molecule has 0 aliphatic heterocycles. The highest BCUT2D eigenvalue weighted by molar-refractivity contribution is 9.10. The van der Waals surface area contributed by atoms with Crippen molar-refractivity contribution >= 4 is 38.6 Å². The van der Waals surface area contributed by atoms with Crippen LogP contribution in [0.5, 0.6) is 0 Å². The van der Waals surface area contributed by atoms with Crippen molar-refractivity contribution in [3.05, 3.63) is 28.2 Å².